The Balaban J connectivity index is 1.61. The molecule has 0 bridgehead atoms. The van der Waals surface area contributed by atoms with E-state index in [1.807, 2.05) is 18.3 Å². The van der Waals surface area contributed by atoms with E-state index in [2.05, 4.69) is 63.2 Å². The second kappa shape index (κ2) is 8.86. The zero-order valence-electron chi connectivity index (χ0n) is 17.0. The largest absolute Gasteiger partial charge is 0.350 e. The van der Waals surface area contributed by atoms with Crippen molar-refractivity contribution in [2.45, 2.75) is 33.4 Å². The first-order valence-electron chi connectivity index (χ1n) is 10.2. The monoisotopic (exact) mass is 389 g/mol. The van der Waals surface area contributed by atoms with Gasteiger partial charge in [0.1, 0.15) is 0 Å². The predicted octanol–water partition coefficient (Wildman–Crippen LogP) is 3.29. The Labute approximate surface area is 171 Å². The highest BCUT2D eigenvalue weighted by atomic mass is 15.4. The van der Waals surface area contributed by atoms with E-state index in [0.717, 1.165) is 44.1 Å². The molecule has 0 atom stereocenters. The van der Waals surface area contributed by atoms with Crippen molar-refractivity contribution in [1.29, 1.82) is 0 Å². The first kappa shape index (κ1) is 19.1. The Kier molecular flexibility index (Phi) is 5.84. The normalized spacial score (nSPS) is 13.1. The lowest BCUT2D eigenvalue weighted by Gasteiger charge is -2.30. The van der Waals surface area contributed by atoms with Crippen LogP contribution in [-0.2, 0) is 19.5 Å². The SMILES string of the molecule is CCN(CC)c1nc(NCc2cccnc2)nc(N2CCc3ccccc3C2)n1. The number of hydrogen-bond acceptors (Lipinski definition) is 7. The van der Waals surface area contributed by atoms with Crippen LogP contribution in [0.4, 0.5) is 17.8 Å². The lowest BCUT2D eigenvalue weighted by molar-refractivity contribution is 0.699. The molecule has 3 aromatic rings. The minimum Gasteiger partial charge on any atom is -0.350 e. The van der Waals surface area contributed by atoms with Crippen molar-refractivity contribution in [3.63, 3.8) is 0 Å². The number of fused-ring (bicyclic) bond motifs is 1. The van der Waals surface area contributed by atoms with E-state index < -0.39 is 0 Å². The summed E-state index contributed by atoms with van der Waals surface area (Å²) in [6.45, 7) is 8.29. The lowest BCUT2D eigenvalue weighted by atomic mass is 10.0. The Morgan fingerprint density at radius 2 is 1.83 bits per heavy atom. The van der Waals surface area contributed by atoms with E-state index in [9.17, 15) is 0 Å². The molecule has 0 saturated carbocycles. The molecule has 0 spiro atoms. The molecule has 29 heavy (non-hydrogen) atoms. The highest BCUT2D eigenvalue weighted by Gasteiger charge is 2.21. The molecular formula is C22H27N7. The van der Waals surface area contributed by atoms with Gasteiger partial charge in [-0.25, -0.2) is 0 Å². The van der Waals surface area contributed by atoms with Crippen LogP contribution < -0.4 is 15.1 Å². The molecule has 1 aromatic carbocycles. The van der Waals surface area contributed by atoms with Crippen LogP contribution >= 0.6 is 0 Å². The second-order valence-electron chi connectivity index (χ2n) is 7.09. The van der Waals surface area contributed by atoms with Crippen molar-refractivity contribution in [1.82, 2.24) is 19.9 Å². The van der Waals surface area contributed by atoms with Gasteiger partial charge in [-0.3, -0.25) is 4.98 Å². The van der Waals surface area contributed by atoms with Gasteiger partial charge >= 0.3 is 0 Å². The van der Waals surface area contributed by atoms with Crippen LogP contribution in [0.3, 0.4) is 0 Å². The molecule has 1 aliphatic rings. The molecular weight excluding hydrogens is 362 g/mol. The lowest BCUT2D eigenvalue weighted by Crippen LogP contribution is -2.33. The van der Waals surface area contributed by atoms with Crippen molar-refractivity contribution in [3.05, 3.63) is 65.5 Å². The third-order valence-electron chi connectivity index (χ3n) is 5.24. The summed E-state index contributed by atoms with van der Waals surface area (Å²) < 4.78 is 0. The van der Waals surface area contributed by atoms with Gasteiger partial charge in [0.15, 0.2) is 0 Å². The van der Waals surface area contributed by atoms with Crippen molar-refractivity contribution >= 4 is 17.8 Å². The molecule has 3 heterocycles. The van der Waals surface area contributed by atoms with Crippen LogP contribution in [0.2, 0.25) is 0 Å². The maximum Gasteiger partial charge on any atom is 0.232 e. The third kappa shape index (κ3) is 4.45. The number of nitrogens with one attached hydrogen (secondary N) is 1. The average molecular weight is 390 g/mol. The van der Waals surface area contributed by atoms with Crippen molar-refractivity contribution < 1.29 is 0 Å². The van der Waals surface area contributed by atoms with Gasteiger partial charge in [-0.15, -0.1) is 0 Å². The number of anilines is 3. The van der Waals surface area contributed by atoms with E-state index in [1.165, 1.54) is 11.1 Å². The van der Waals surface area contributed by atoms with Gasteiger partial charge in [0.2, 0.25) is 17.8 Å². The third-order valence-corrected chi connectivity index (χ3v) is 5.24. The van der Waals surface area contributed by atoms with E-state index in [4.69, 9.17) is 9.97 Å². The van der Waals surface area contributed by atoms with Gasteiger partial charge < -0.3 is 15.1 Å². The molecule has 0 radical (unpaired) electrons. The molecule has 0 amide bonds. The van der Waals surface area contributed by atoms with Gasteiger partial charge in [0.05, 0.1) is 0 Å². The summed E-state index contributed by atoms with van der Waals surface area (Å²) in [6, 6.07) is 12.6. The topological polar surface area (TPSA) is 70.1 Å². The van der Waals surface area contributed by atoms with Crippen LogP contribution in [0.1, 0.15) is 30.5 Å². The fourth-order valence-electron chi connectivity index (χ4n) is 3.57. The molecule has 4 rings (SSSR count). The zero-order valence-corrected chi connectivity index (χ0v) is 17.0. The highest BCUT2D eigenvalue weighted by Crippen LogP contribution is 2.24. The summed E-state index contributed by atoms with van der Waals surface area (Å²) >= 11 is 0. The smallest absolute Gasteiger partial charge is 0.232 e. The van der Waals surface area contributed by atoms with Gasteiger partial charge in [-0.05, 0) is 43.0 Å². The van der Waals surface area contributed by atoms with Crippen molar-refractivity contribution in [2.75, 3.05) is 34.8 Å². The summed E-state index contributed by atoms with van der Waals surface area (Å²) in [5.74, 6) is 2.04. The van der Waals surface area contributed by atoms with Crippen molar-refractivity contribution in [2.24, 2.45) is 0 Å². The fraction of sp³-hybridized carbons (Fsp3) is 0.364. The molecule has 1 aliphatic heterocycles. The number of benzene rings is 1. The first-order valence-corrected chi connectivity index (χ1v) is 10.2. The summed E-state index contributed by atoms with van der Waals surface area (Å²) in [5.41, 5.74) is 3.84. The summed E-state index contributed by atoms with van der Waals surface area (Å²) in [5, 5.41) is 3.35. The molecule has 0 fully saturated rings. The molecule has 0 saturated heterocycles. The standard InChI is InChI=1S/C22H27N7/c1-3-28(4-2)21-25-20(24-15-17-8-7-12-23-14-17)26-22(27-21)29-13-11-18-9-5-6-10-19(18)16-29/h5-10,12,14H,3-4,11,13,15-16H2,1-2H3,(H,24,25,26,27). The molecule has 150 valence electrons. The highest BCUT2D eigenvalue weighted by molar-refractivity contribution is 5.47. The maximum absolute atomic E-state index is 4.80. The summed E-state index contributed by atoms with van der Waals surface area (Å²) in [7, 11) is 0. The average Bonchev–Trinajstić information content (AvgIpc) is 2.79. The number of hydrogen-bond donors (Lipinski definition) is 1. The Morgan fingerprint density at radius 3 is 2.59 bits per heavy atom. The number of rotatable bonds is 7. The van der Waals surface area contributed by atoms with E-state index >= 15 is 0 Å². The Hall–Kier alpha value is -3.22. The fourth-order valence-corrected chi connectivity index (χ4v) is 3.57. The number of aromatic nitrogens is 4. The Bertz CT molecular complexity index is 941. The van der Waals surface area contributed by atoms with Crippen LogP contribution in [0.15, 0.2) is 48.8 Å². The number of pyridine rings is 1. The van der Waals surface area contributed by atoms with E-state index in [1.54, 1.807) is 6.20 Å². The van der Waals surface area contributed by atoms with Crippen LogP contribution in [0.5, 0.6) is 0 Å². The van der Waals surface area contributed by atoms with Gasteiger partial charge in [0, 0.05) is 45.1 Å². The quantitative estimate of drug-likeness (QED) is 0.665. The van der Waals surface area contributed by atoms with Gasteiger partial charge in [-0.1, -0.05) is 30.3 Å². The minimum absolute atomic E-state index is 0.597. The number of nitrogens with zero attached hydrogens (tertiary/aromatic N) is 6. The molecule has 1 N–H and O–H groups in total. The van der Waals surface area contributed by atoms with Crippen LogP contribution in [0, 0.1) is 0 Å². The van der Waals surface area contributed by atoms with Crippen LogP contribution in [0.25, 0.3) is 0 Å². The predicted molar refractivity (Wildman–Crippen MR) is 116 cm³/mol. The molecule has 0 aliphatic carbocycles. The van der Waals surface area contributed by atoms with E-state index in [-0.39, 0.29) is 0 Å². The molecule has 7 nitrogen and oxygen atoms in total. The van der Waals surface area contributed by atoms with Gasteiger partial charge in [-0.2, -0.15) is 15.0 Å². The van der Waals surface area contributed by atoms with E-state index in [0.29, 0.717) is 18.4 Å². The first-order chi connectivity index (χ1) is 14.3. The second-order valence-corrected chi connectivity index (χ2v) is 7.09. The maximum atomic E-state index is 4.80. The Morgan fingerprint density at radius 1 is 1.00 bits per heavy atom. The van der Waals surface area contributed by atoms with Crippen molar-refractivity contribution in [3.8, 4) is 0 Å². The van der Waals surface area contributed by atoms with Gasteiger partial charge in [0.25, 0.3) is 0 Å². The summed E-state index contributed by atoms with van der Waals surface area (Å²) in [4.78, 5) is 22.8. The summed E-state index contributed by atoms with van der Waals surface area (Å²) in [6.07, 6.45) is 4.63. The molecule has 7 heteroatoms. The molecule has 0 unspecified atom stereocenters. The van der Waals surface area contributed by atoms with Crippen LogP contribution in [-0.4, -0.2) is 39.6 Å². The molecule has 2 aromatic heterocycles. The minimum atomic E-state index is 0.597. The zero-order chi connectivity index (χ0) is 20.1.